The van der Waals surface area contributed by atoms with Crippen molar-refractivity contribution < 1.29 is 5.11 Å². The zero-order valence-electron chi connectivity index (χ0n) is 4.89. The molecule has 0 spiro atoms. The van der Waals surface area contributed by atoms with Crippen molar-refractivity contribution in [2.75, 3.05) is 0 Å². The second-order valence-electron chi connectivity index (χ2n) is 2.58. The molecular formula is C6H9NO. The largest absolute Gasteiger partial charge is 0.391 e. The number of aliphatic hydroxyl groups is 1. The average Bonchev–Trinajstić information content (AvgIpc) is 1.83. The van der Waals surface area contributed by atoms with E-state index in [0.717, 1.165) is 12.8 Å². The summed E-state index contributed by atoms with van der Waals surface area (Å²) >= 11 is 0. The monoisotopic (exact) mass is 111 g/mol. The van der Waals surface area contributed by atoms with Gasteiger partial charge in [-0.25, -0.2) is 0 Å². The van der Waals surface area contributed by atoms with Crippen LogP contribution in [0.5, 0.6) is 0 Å². The molecule has 44 valence electrons. The molecule has 2 nitrogen and oxygen atoms in total. The Hall–Kier alpha value is -0.550. The van der Waals surface area contributed by atoms with E-state index in [4.69, 9.17) is 10.4 Å². The van der Waals surface area contributed by atoms with E-state index in [1.54, 1.807) is 6.92 Å². The number of hydrogen-bond donors (Lipinski definition) is 1. The maximum atomic E-state index is 8.94. The Kier molecular flexibility index (Phi) is 1.02. The normalized spacial score (nSPS) is 44.9. The summed E-state index contributed by atoms with van der Waals surface area (Å²) in [7, 11) is 0. The summed E-state index contributed by atoms with van der Waals surface area (Å²) in [5, 5.41) is 17.4. The van der Waals surface area contributed by atoms with Gasteiger partial charge in [-0.3, -0.25) is 0 Å². The van der Waals surface area contributed by atoms with Gasteiger partial charge in [-0.15, -0.1) is 0 Å². The Morgan fingerprint density at radius 1 is 1.88 bits per heavy atom. The fraction of sp³-hybridized carbons (Fsp3) is 0.833. The van der Waals surface area contributed by atoms with Crippen molar-refractivity contribution >= 4 is 0 Å². The molecule has 0 aromatic carbocycles. The zero-order chi connectivity index (χ0) is 6.20. The highest BCUT2D eigenvalue weighted by molar-refractivity contribution is 5.07. The molecule has 1 fully saturated rings. The van der Waals surface area contributed by atoms with Crippen LogP contribution in [0.2, 0.25) is 0 Å². The van der Waals surface area contributed by atoms with Crippen LogP contribution >= 0.6 is 0 Å². The summed E-state index contributed by atoms with van der Waals surface area (Å²) in [5.74, 6) is 0. The Labute approximate surface area is 48.7 Å². The molecule has 0 heterocycles. The lowest BCUT2D eigenvalue weighted by molar-refractivity contribution is -0.0124. The van der Waals surface area contributed by atoms with Crippen LogP contribution in [0.3, 0.4) is 0 Å². The third-order valence-electron chi connectivity index (χ3n) is 1.93. The highest BCUT2D eigenvalue weighted by Gasteiger charge is 2.41. The van der Waals surface area contributed by atoms with Gasteiger partial charge < -0.3 is 5.11 Å². The highest BCUT2D eigenvalue weighted by atomic mass is 16.3. The number of hydrogen-bond acceptors (Lipinski definition) is 2. The Morgan fingerprint density at radius 2 is 2.50 bits per heavy atom. The number of aliphatic hydroxyl groups excluding tert-OH is 1. The quantitative estimate of drug-likeness (QED) is 0.499. The van der Waals surface area contributed by atoms with Crippen molar-refractivity contribution in [3.63, 3.8) is 0 Å². The first kappa shape index (κ1) is 5.58. The van der Waals surface area contributed by atoms with Gasteiger partial charge in [-0.1, -0.05) is 0 Å². The van der Waals surface area contributed by atoms with E-state index in [1.165, 1.54) is 0 Å². The summed E-state index contributed by atoms with van der Waals surface area (Å²) < 4.78 is 0. The summed E-state index contributed by atoms with van der Waals surface area (Å²) in [6.07, 6.45) is 1.28. The predicted molar refractivity (Wildman–Crippen MR) is 29.0 cm³/mol. The van der Waals surface area contributed by atoms with Gasteiger partial charge in [0.15, 0.2) is 0 Å². The highest BCUT2D eigenvalue weighted by Crippen LogP contribution is 2.39. The molecule has 8 heavy (non-hydrogen) atoms. The molecular weight excluding hydrogens is 102 g/mol. The lowest BCUT2D eigenvalue weighted by atomic mass is 9.69. The lowest BCUT2D eigenvalue weighted by Crippen LogP contribution is -2.40. The van der Waals surface area contributed by atoms with E-state index >= 15 is 0 Å². The van der Waals surface area contributed by atoms with E-state index < -0.39 is 5.41 Å². The average molecular weight is 111 g/mol. The lowest BCUT2D eigenvalue weighted by Gasteiger charge is -2.37. The molecule has 1 aliphatic carbocycles. The second-order valence-corrected chi connectivity index (χ2v) is 2.58. The smallest absolute Gasteiger partial charge is 0.0805 e. The maximum absolute atomic E-state index is 8.94. The van der Waals surface area contributed by atoms with Crippen LogP contribution in [0.1, 0.15) is 19.8 Å². The third-order valence-corrected chi connectivity index (χ3v) is 1.93. The molecule has 1 aliphatic rings. The van der Waals surface area contributed by atoms with Crippen molar-refractivity contribution in [3.8, 4) is 6.07 Å². The Morgan fingerprint density at radius 3 is 2.50 bits per heavy atom. The van der Waals surface area contributed by atoms with E-state index in [9.17, 15) is 0 Å². The van der Waals surface area contributed by atoms with E-state index in [-0.39, 0.29) is 6.10 Å². The van der Waals surface area contributed by atoms with Gasteiger partial charge in [-0.05, 0) is 19.8 Å². The van der Waals surface area contributed by atoms with Gasteiger partial charge in [0.25, 0.3) is 0 Å². The molecule has 0 radical (unpaired) electrons. The Balaban J connectivity index is 2.59. The molecule has 1 N–H and O–H groups in total. The van der Waals surface area contributed by atoms with Gasteiger partial charge >= 0.3 is 0 Å². The topological polar surface area (TPSA) is 44.0 Å². The summed E-state index contributed by atoms with van der Waals surface area (Å²) in [4.78, 5) is 0. The Bertz CT molecular complexity index is 138. The minimum absolute atomic E-state index is 0.368. The van der Waals surface area contributed by atoms with Gasteiger partial charge in [0.1, 0.15) is 0 Å². The second kappa shape index (κ2) is 1.46. The van der Waals surface area contributed by atoms with Gasteiger partial charge in [-0.2, -0.15) is 5.26 Å². The van der Waals surface area contributed by atoms with E-state index in [0.29, 0.717) is 0 Å². The number of rotatable bonds is 0. The molecule has 2 heteroatoms. The molecule has 1 rings (SSSR count). The first-order valence-corrected chi connectivity index (χ1v) is 2.78. The molecule has 0 aromatic heterocycles. The molecule has 1 saturated carbocycles. The third kappa shape index (κ3) is 0.517. The van der Waals surface area contributed by atoms with Crippen LogP contribution in [0.25, 0.3) is 0 Å². The van der Waals surface area contributed by atoms with Gasteiger partial charge in [0.05, 0.1) is 17.6 Å². The summed E-state index contributed by atoms with van der Waals surface area (Å²) in [5.41, 5.74) is -0.417. The minimum Gasteiger partial charge on any atom is -0.391 e. The van der Waals surface area contributed by atoms with Crippen LogP contribution in [0, 0.1) is 16.7 Å². The fourth-order valence-corrected chi connectivity index (χ4v) is 0.837. The minimum atomic E-state index is -0.417. The standard InChI is InChI=1S/C6H9NO/c1-6(4-7)3-2-5(6)8/h5,8H,2-3H2,1H3. The van der Waals surface area contributed by atoms with Crippen molar-refractivity contribution in [1.82, 2.24) is 0 Å². The number of nitrogens with zero attached hydrogens (tertiary/aromatic N) is 1. The van der Waals surface area contributed by atoms with Crippen molar-refractivity contribution in [1.29, 1.82) is 5.26 Å². The molecule has 0 aromatic rings. The summed E-state index contributed by atoms with van der Waals surface area (Å²) in [6, 6.07) is 2.08. The van der Waals surface area contributed by atoms with Crippen LogP contribution in [-0.2, 0) is 0 Å². The van der Waals surface area contributed by atoms with E-state index in [2.05, 4.69) is 6.07 Å². The SMILES string of the molecule is CC1(C#N)CCC1O. The van der Waals surface area contributed by atoms with Crippen molar-refractivity contribution in [2.24, 2.45) is 5.41 Å². The number of nitriles is 1. The fourth-order valence-electron chi connectivity index (χ4n) is 0.837. The molecule has 2 atom stereocenters. The van der Waals surface area contributed by atoms with Crippen LogP contribution < -0.4 is 0 Å². The zero-order valence-corrected chi connectivity index (χ0v) is 4.89. The first-order valence-electron chi connectivity index (χ1n) is 2.78. The van der Waals surface area contributed by atoms with Gasteiger partial charge in [0.2, 0.25) is 0 Å². The molecule has 0 amide bonds. The molecule has 0 saturated heterocycles. The van der Waals surface area contributed by atoms with Crippen LogP contribution in [0.15, 0.2) is 0 Å². The molecule has 2 unspecified atom stereocenters. The van der Waals surface area contributed by atoms with Crippen molar-refractivity contribution in [3.05, 3.63) is 0 Å². The predicted octanol–water partition coefficient (Wildman–Crippen LogP) is 0.671. The van der Waals surface area contributed by atoms with Crippen LogP contribution in [0.4, 0.5) is 0 Å². The van der Waals surface area contributed by atoms with Gasteiger partial charge in [0, 0.05) is 0 Å². The van der Waals surface area contributed by atoms with E-state index in [1.807, 2.05) is 0 Å². The first-order chi connectivity index (χ1) is 3.69. The summed E-state index contributed by atoms with van der Waals surface area (Å²) in [6.45, 7) is 1.79. The van der Waals surface area contributed by atoms with Crippen LogP contribution in [-0.4, -0.2) is 11.2 Å². The molecule has 0 aliphatic heterocycles. The maximum Gasteiger partial charge on any atom is 0.0805 e. The molecule has 0 bridgehead atoms. The van der Waals surface area contributed by atoms with Crippen molar-refractivity contribution in [2.45, 2.75) is 25.9 Å².